The maximum atomic E-state index is 14.0. The molecule has 1 N–H and O–H groups in total. The Hall–Kier alpha value is -4.26. The van der Waals surface area contributed by atoms with Crippen LogP contribution in [0.3, 0.4) is 0 Å². The van der Waals surface area contributed by atoms with Crippen LogP contribution in [-0.2, 0) is 5.41 Å². The topological polar surface area (TPSA) is 80.2 Å². The quantitative estimate of drug-likeness (QED) is 0.244. The Morgan fingerprint density at radius 2 is 1.71 bits per heavy atom. The smallest absolute Gasteiger partial charge is 0.255 e. The molecule has 3 heterocycles. The number of hydrogen-bond donors (Lipinski definition) is 1. The number of pyridine rings is 1. The Bertz CT molecular complexity index is 1500. The number of benzene rings is 2. The Balaban J connectivity index is 1.31. The highest BCUT2D eigenvalue weighted by Gasteiger charge is 2.42. The maximum Gasteiger partial charge on any atom is 0.255 e. The summed E-state index contributed by atoms with van der Waals surface area (Å²) in [5.74, 6) is 2.72. The molecule has 2 aromatic heterocycles. The van der Waals surface area contributed by atoms with Gasteiger partial charge in [0.1, 0.15) is 11.5 Å². The largest absolute Gasteiger partial charge is 0.457 e. The van der Waals surface area contributed by atoms with Crippen LogP contribution in [0, 0.1) is 5.92 Å². The van der Waals surface area contributed by atoms with Crippen molar-refractivity contribution in [3.63, 3.8) is 0 Å². The first-order chi connectivity index (χ1) is 20.5. The van der Waals surface area contributed by atoms with E-state index in [9.17, 15) is 4.79 Å². The molecule has 6 rings (SSSR count). The molecular formula is C35H39N5O2. The average Bonchev–Trinajstić information content (AvgIpc) is 3.53. The van der Waals surface area contributed by atoms with Crippen molar-refractivity contribution in [3.8, 4) is 11.5 Å². The average molecular weight is 562 g/mol. The molecule has 4 aromatic rings. The normalized spacial score (nSPS) is 17.5. The zero-order valence-electron chi connectivity index (χ0n) is 24.5. The van der Waals surface area contributed by atoms with Gasteiger partial charge in [-0.2, -0.15) is 0 Å². The number of rotatable bonds is 8. The molecule has 1 aliphatic carbocycles. The molecule has 7 heteroatoms. The van der Waals surface area contributed by atoms with Crippen molar-refractivity contribution < 1.29 is 9.53 Å². The van der Waals surface area contributed by atoms with Crippen molar-refractivity contribution in [2.24, 2.45) is 5.92 Å². The van der Waals surface area contributed by atoms with E-state index < -0.39 is 0 Å². The third kappa shape index (κ3) is 5.87. The summed E-state index contributed by atoms with van der Waals surface area (Å²) in [6, 6.07) is 21.8. The minimum Gasteiger partial charge on any atom is -0.457 e. The van der Waals surface area contributed by atoms with Crippen molar-refractivity contribution in [2.75, 3.05) is 18.0 Å². The van der Waals surface area contributed by atoms with Gasteiger partial charge in [0.25, 0.3) is 5.91 Å². The molecule has 0 bridgehead atoms. The van der Waals surface area contributed by atoms with Gasteiger partial charge in [-0.15, -0.1) is 0 Å². The summed E-state index contributed by atoms with van der Waals surface area (Å²) >= 11 is 0. The van der Waals surface area contributed by atoms with Gasteiger partial charge in [0, 0.05) is 37.1 Å². The van der Waals surface area contributed by atoms with Gasteiger partial charge in [-0.1, -0.05) is 62.2 Å². The van der Waals surface area contributed by atoms with Crippen molar-refractivity contribution >= 4 is 11.9 Å². The van der Waals surface area contributed by atoms with Gasteiger partial charge in [0.15, 0.2) is 0 Å². The molecule has 1 amide bonds. The van der Waals surface area contributed by atoms with Crippen molar-refractivity contribution in [1.82, 2.24) is 20.3 Å². The van der Waals surface area contributed by atoms with Gasteiger partial charge >= 0.3 is 0 Å². The number of hydrogen-bond acceptors (Lipinski definition) is 6. The molecule has 2 fully saturated rings. The van der Waals surface area contributed by atoms with E-state index >= 15 is 0 Å². The second-order valence-corrected chi connectivity index (χ2v) is 11.8. The number of ether oxygens (including phenoxy) is 1. The third-order valence-corrected chi connectivity index (χ3v) is 8.92. The molecule has 0 spiro atoms. The summed E-state index contributed by atoms with van der Waals surface area (Å²) < 4.78 is 6.01. The van der Waals surface area contributed by atoms with Gasteiger partial charge in [-0.3, -0.25) is 9.78 Å². The van der Waals surface area contributed by atoms with Crippen LogP contribution in [0.25, 0.3) is 0 Å². The standard InChI is InChI=1S/C35H39N5O2/c1-25-15-21-40(22-16-25)34-37-24-31(32(39-34)35(17-6-7-18-35)28-10-4-3-5-11-28)33(41)38-26(2)27-9-8-12-30(23-27)42-29-13-19-36-20-14-29/h3-5,8-14,19-20,23-26H,6-7,15-18,21-22H2,1-2H3,(H,38,41). The number of piperidine rings is 1. The molecule has 42 heavy (non-hydrogen) atoms. The van der Waals surface area contributed by atoms with Crippen molar-refractivity contribution in [1.29, 1.82) is 0 Å². The van der Waals surface area contributed by atoms with Crippen LogP contribution in [0.2, 0.25) is 0 Å². The summed E-state index contributed by atoms with van der Waals surface area (Å²) in [6.07, 6.45) is 11.6. The lowest BCUT2D eigenvalue weighted by Gasteiger charge is -2.34. The number of nitrogens with one attached hydrogen (secondary N) is 1. The summed E-state index contributed by atoms with van der Waals surface area (Å²) in [5.41, 5.74) is 3.29. The van der Waals surface area contributed by atoms with E-state index in [0.717, 1.165) is 68.8 Å². The highest BCUT2D eigenvalue weighted by Crippen LogP contribution is 2.47. The third-order valence-electron chi connectivity index (χ3n) is 8.92. The molecule has 1 aliphatic heterocycles. The molecule has 7 nitrogen and oxygen atoms in total. The molecule has 1 saturated heterocycles. The number of carbonyl (C=O) groups excluding carboxylic acids is 1. The predicted molar refractivity (Wildman–Crippen MR) is 165 cm³/mol. The van der Waals surface area contributed by atoms with E-state index in [-0.39, 0.29) is 17.4 Å². The lowest BCUT2D eigenvalue weighted by molar-refractivity contribution is 0.0936. The SMILES string of the molecule is CC1CCN(c2ncc(C(=O)NC(C)c3cccc(Oc4ccncc4)c3)c(C3(c4ccccc4)CCCC3)n2)CC1. The molecule has 1 unspecified atom stereocenters. The van der Waals surface area contributed by atoms with Gasteiger partial charge in [-0.25, -0.2) is 9.97 Å². The van der Waals surface area contributed by atoms with Crippen LogP contribution < -0.4 is 15.0 Å². The highest BCUT2D eigenvalue weighted by molar-refractivity contribution is 5.96. The molecular weight excluding hydrogens is 522 g/mol. The van der Waals surface area contributed by atoms with Crippen LogP contribution in [0.4, 0.5) is 5.95 Å². The van der Waals surface area contributed by atoms with E-state index in [0.29, 0.717) is 23.0 Å². The van der Waals surface area contributed by atoms with E-state index in [4.69, 9.17) is 14.7 Å². The lowest BCUT2D eigenvalue weighted by Crippen LogP contribution is -2.37. The van der Waals surface area contributed by atoms with Gasteiger partial charge in [0.05, 0.1) is 17.3 Å². The van der Waals surface area contributed by atoms with Crippen molar-refractivity contribution in [2.45, 2.75) is 63.8 Å². The number of amides is 1. The summed E-state index contributed by atoms with van der Waals surface area (Å²) in [5, 5.41) is 3.24. The fourth-order valence-electron chi connectivity index (χ4n) is 6.41. The molecule has 1 saturated carbocycles. The van der Waals surface area contributed by atoms with Crippen molar-refractivity contribution in [3.05, 3.63) is 108 Å². The highest BCUT2D eigenvalue weighted by atomic mass is 16.5. The zero-order chi connectivity index (χ0) is 28.9. The van der Waals surface area contributed by atoms with Crippen LogP contribution in [-0.4, -0.2) is 33.9 Å². The van der Waals surface area contributed by atoms with Crippen LogP contribution in [0.1, 0.15) is 85.6 Å². The Morgan fingerprint density at radius 1 is 0.976 bits per heavy atom. The number of nitrogens with zero attached hydrogens (tertiary/aromatic N) is 4. The Labute approximate surface area is 248 Å². The molecule has 2 aliphatic rings. The first-order valence-corrected chi connectivity index (χ1v) is 15.2. The second kappa shape index (κ2) is 12.3. The minimum absolute atomic E-state index is 0.154. The predicted octanol–water partition coefficient (Wildman–Crippen LogP) is 7.25. The number of anilines is 1. The summed E-state index contributed by atoms with van der Waals surface area (Å²) in [7, 11) is 0. The van der Waals surface area contributed by atoms with Crippen LogP contribution in [0.15, 0.2) is 85.3 Å². The van der Waals surface area contributed by atoms with Gasteiger partial charge in [0.2, 0.25) is 5.95 Å². The maximum absolute atomic E-state index is 14.0. The van der Waals surface area contributed by atoms with E-state index in [1.54, 1.807) is 18.6 Å². The monoisotopic (exact) mass is 561 g/mol. The minimum atomic E-state index is -0.309. The zero-order valence-corrected chi connectivity index (χ0v) is 24.5. The van der Waals surface area contributed by atoms with Crippen LogP contribution >= 0.6 is 0 Å². The van der Waals surface area contributed by atoms with E-state index in [1.165, 1.54) is 5.56 Å². The Kier molecular flexibility index (Phi) is 8.17. The lowest BCUT2D eigenvalue weighted by atomic mass is 9.74. The fourth-order valence-corrected chi connectivity index (χ4v) is 6.41. The molecule has 1 atom stereocenters. The molecule has 216 valence electrons. The fraction of sp³-hybridized carbons (Fsp3) is 0.371. The first-order valence-electron chi connectivity index (χ1n) is 15.2. The molecule has 2 aromatic carbocycles. The van der Waals surface area contributed by atoms with E-state index in [1.807, 2.05) is 49.4 Å². The molecule has 0 radical (unpaired) electrons. The van der Waals surface area contributed by atoms with E-state index in [2.05, 4.69) is 46.4 Å². The Morgan fingerprint density at radius 3 is 2.45 bits per heavy atom. The second-order valence-electron chi connectivity index (χ2n) is 11.8. The summed E-state index contributed by atoms with van der Waals surface area (Å²) in [4.78, 5) is 30.4. The van der Waals surface area contributed by atoms with Crippen LogP contribution in [0.5, 0.6) is 11.5 Å². The summed E-state index contributed by atoms with van der Waals surface area (Å²) in [6.45, 7) is 6.19. The number of aromatic nitrogens is 3. The number of carbonyl (C=O) groups is 1. The van der Waals surface area contributed by atoms with Gasteiger partial charge in [-0.05, 0) is 73.9 Å². The van der Waals surface area contributed by atoms with Gasteiger partial charge < -0.3 is 15.0 Å². The first kappa shape index (κ1) is 27.9.